The summed E-state index contributed by atoms with van der Waals surface area (Å²) in [6, 6.07) is 13.7. The molecule has 19 heavy (non-hydrogen) atoms. The molecule has 96 valence electrons. The van der Waals surface area contributed by atoms with Crippen LogP contribution in [0.2, 0.25) is 0 Å². The Balaban J connectivity index is 2.07. The number of hydrogen-bond acceptors (Lipinski definition) is 3. The molecule has 0 aliphatic carbocycles. The first-order chi connectivity index (χ1) is 9.28. The van der Waals surface area contributed by atoms with Gasteiger partial charge in [0.25, 0.3) is 0 Å². The number of ether oxygens (including phenoxy) is 1. The number of fused-ring (bicyclic) bond motifs is 1. The molecule has 0 amide bonds. The lowest BCUT2D eigenvalue weighted by Crippen LogP contribution is -1.93. The molecule has 0 spiro atoms. The van der Waals surface area contributed by atoms with Crippen LogP contribution in [0.5, 0.6) is 5.75 Å². The molecule has 2 aromatic carbocycles. The average molecular weight is 253 g/mol. The van der Waals surface area contributed by atoms with E-state index in [1.165, 1.54) is 0 Å². The number of rotatable bonds is 3. The summed E-state index contributed by atoms with van der Waals surface area (Å²) in [5.41, 5.74) is 9.47. The van der Waals surface area contributed by atoms with Gasteiger partial charge in [-0.15, -0.1) is 0 Å². The van der Waals surface area contributed by atoms with Crippen LogP contribution in [0.25, 0.3) is 16.7 Å². The quantitative estimate of drug-likeness (QED) is 0.730. The molecule has 2 N–H and O–H groups in total. The topological polar surface area (TPSA) is 53.1 Å². The number of nitrogens with two attached hydrogens (primary N) is 1. The van der Waals surface area contributed by atoms with E-state index in [1.807, 2.05) is 60.3 Å². The van der Waals surface area contributed by atoms with Crippen molar-refractivity contribution < 1.29 is 4.74 Å². The molecule has 0 aliphatic rings. The van der Waals surface area contributed by atoms with Crippen LogP contribution >= 0.6 is 0 Å². The van der Waals surface area contributed by atoms with Crippen molar-refractivity contribution in [3.05, 3.63) is 48.8 Å². The van der Waals surface area contributed by atoms with Crippen LogP contribution in [-0.4, -0.2) is 16.2 Å². The zero-order valence-corrected chi connectivity index (χ0v) is 10.7. The number of benzene rings is 2. The van der Waals surface area contributed by atoms with Gasteiger partial charge in [0.2, 0.25) is 0 Å². The van der Waals surface area contributed by atoms with Crippen molar-refractivity contribution in [2.24, 2.45) is 0 Å². The fraction of sp³-hybridized carbons (Fsp3) is 0.133. The molecule has 0 aliphatic heterocycles. The van der Waals surface area contributed by atoms with E-state index in [4.69, 9.17) is 10.5 Å². The standard InChI is InChI=1S/C15H15N3O/c1-2-19-13-7-8-15-14(9-13)17-10-18(15)12-5-3-11(16)4-6-12/h3-10H,2,16H2,1H3. The van der Waals surface area contributed by atoms with E-state index in [-0.39, 0.29) is 0 Å². The Kier molecular flexibility index (Phi) is 2.83. The molecule has 1 heterocycles. The number of nitrogen functional groups attached to an aromatic ring is 1. The largest absolute Gasteiger partial charge is 0.494 e. The minimum atomic E-state index is 0.657. The molecule has 0 saturated heterocycles. The second kappa shape index (κ2) is 4.65. The second-order valence-electron chi connectivity index (χ2n) is 4.29. The summed E-state index contributed by atoms with van der Waals surface area (Å²) in [4.78, 5) is 4.41. The third kappa shape index (κ3) is 2.12. The van der Waals surface area contributed by atoms with Crippen molar-refractivity contribution >= 4 is 16.7 Å². The fourth-order valence-electron chi connectivity index (χ4n) is 2.09. The van der Waals surface area contributed by atoms with Gasteiger partial charge in [0.05, 0.1) is 17.6 Å². The molecule has 4 nitrogen and oxygen atoms in total. The van der Waals surface area contributed by atoms with E-state index in [1.54, 1.807) is 0 Å². The zero-order chi connectivity index (χ0) is 13.2. The first-order valence-corrected chi connectivity index (χ1v) is 6.24. The summed E-state index contributed by atoms with van der Waals surface area (Å²) in [6.07, 6.45) is 1.81. The van der Waals surface area contributed by atoms with E-state index in [9.17, 15) is 0 Å². The van der Waals surface area contributed by atoms with Crippen LogP contribution in [0.15, 0.2) is 48.8 Å². The van der Waals surface area contributed by atoms with E-state index in [0.29, 0.717) is 6.61 Å². The highest BCUT2D eigenvalue weighted by Crippen LogP contribution is 2.23. The molecule has 0 saturated carbocycles. The Bertz CT molecular complexity index is 701. The Labute approximate surface area is 111 Å². The molecular formula is C15H15N3O. The summed E-state index contributed by atoms with van der Waals surface area (Å²) < 4.78 is 7.51. The molecule has 0 radical (unpaired) electrons. The number of nitrogens with zero attached hydrogens (tertiary/aromatic N) is 2. The molecule has 0 unspecified atom stereocenters. The van der Waals surface area contributed by atoms with Crippen molar-refractivity contribution in [3.63, 3.8) is 0 Å². The maximum atomic E-state index is 5.70. The van der Waals surface area contributed by atoms with E-state index < -0.39 is 0 Å². The lowest BCUT2D eigenvalue weighted by atomic mass is 10.2. The number of hydrogen-bond donors (Lipinski definition) is 1. The third-order valence-corrected chi connectivity index (χ3v) is 3.00. The number of anilines is 1. The van der Waals surface area contributed by atoms with Gasteiger partial charge in [-0.25, -0.2) is 4.98 Å². The van der Waals surface area contributed by atoms with Crippen LogP contribution in [0.3, 0.4) is 0 Å². The SMILES string of the molecule is CCOc1ccc2c(c1)ncn2-c1ccc(N)cc1. The van der Waals surface area contributed by atoms with Gasteiger partial charge in [0.1, 0.15) is 12.1 Å². The second-order valence-corrected chi connectivity index (χ2v) is 4.29. The molecule has 1 aromatic heterocycles. The van der Waals surface area contributed by atoms with Crippen LogP contribution in [0, 0.1) is 0 Å². The average Bonchev–Trinajstić information content (AvgIpc) is 2.83. The lowest BCUT2D eigenvalue weighted by molar-refractivity contribution is 0.340. The normalized spacial score (nSPS) is 10.8. The Morgan fingerprint density at radius 3 is 2.68 bits per heavy atom. The van der Waals surface area contributed by atoms with Crippen LogP contribution in [0.1, 0.15) is 6.92 Å². The van der Waals surface area contributed by atoms with Gasteiger partial charge in [-0.3, -0.25) is 4.57 Å². The van der Waals surface area contributed by atoms with Crippen molar-refractivity contribution in [1.82, 2.24) is 9.55 Å². The zero-order valence-electron chi connectivity index (χ0n) is 10.7. The third-order valence-electron chi connectivity index (χ3n) is 3.00. The van der Waals surface area contributed by atoms with Gasteiger partial charge >= 0.3 is 0 Å². The highest BCUT2D eigenvalue weighted by molar-refractivity contribution is 5.79. The molecule has 3 rings (SSSR count). The number of imidazole rings is 1. The van der Waals surface area contributed by atoms with Crippen molar-refractivity contribution in [1.29, 1.82) is 0 Å². The van der Waals surface area contributed by atoms with Crippen molar-refractivity contribution in [3.8, 4) is 11.4 Å². The van der Waals surface area contributed by atoms with Crippen LogP contribution in [0.4, 0.5) is 5.69 Å². The fourth-order valence-corrected chi connectivity index (χ4v) is 2.09. The highest BCUT2D eigenvalue weighted by Gasteiger charge is 2.05. The summed E-state index contributed by atoms with van der Waals surface area (Å²) in [5.74, 6) is 0.845. The summed E-state index contributed by atoms with van der Waals surface area (Å²) in [6.45, 7) is 2.63. The molecular weight excluding hydrogens is 238 g/mol. The molecule has 0 atom stereocenters. The maximum Gasteiger partial charge on any atom is 0.121 e. The highest BCUT2D eigenvalue weighted by atomic mass is 16.5. The summed E-state index contributed by atoms with van der Waals surface area (Å²) in [7, 11) is 0. The van der Waals surface area contributed by atoms with E-state index in [0.717, 1.165) is 28.2 Å². The lowest BCUT2D eigenvalue weighted by Gasteiger charge is -2.06. The minimum Gasteiger partial charge on any atom is -0.494 e. The predicted octanol–water partition coefficient (Wildman–Crippen LogP) is 3.01. The smallest absolute Gasteiger partial charge is 0.121 e. The molecule has 3 aromatic rings. The van der Waals surface area contributed by atoms with Crippen molar-refractivity contribution in [2.45, 2.75) is 6.92 Å². The molecule has 4 heteroatoms. The van der Waals surface area contributed by atoms with Gasteiger partial charge in [0.15, 0.2) is 0 Å². The summed E-state index contributed by atoms with van der Waals surface area (Å²) >= 11 is 0. The first kappa shape index (κ1) is 11.6. The van der Waals surface area contributed by atoms with Gasteiger partial charge in [0, 0.05) is 17.4 Å². The van der Waals surface area contributed by atoms with Crippen molar-refractivity contribution in [2.75, 3.05) is 12.3 Å². The Morgan fingerprint density at radius 1 is 1.16 bits per heavy atom. The minimum absolute atomic E-state index is 0.657. The predicted molar refractivity (Wildman–Crippen MR) is 76.7 cm³/mol. The van der Waals surface area contributed by atoms with Crippen LogP contribution in [-0.2, 0) is 0 Å². The maximum absolute atomic E-state index is 5.70. The van der Waals surface area contributed by atoms with Gasteiger partial charge in [-0.2, -0.15) is 0 Å². The Morgan fingerprint density at radius 2 is 1.95 bits per heavy atom. The van der Waals surface area contributed by atoms with E-state index in [2.05, 4.69) is 4.98 Å². The van der Waals surface area contributed by atoms with Crippen LogP contribution < -0.4 is 10.5 Å². The molecule has 0 fully saturated rings. The first-order valence-electron chi connectivity index (χ1n) is 6.24. The monoisotopic (exact) mass is 253 g/mol. The van der Waals surface area contributed by atoms with Gasteiger partial charge < -0.3 is 10.5 Å². The van der Waals surface area contributed by atoms with Gasteiger partial charge in [-0.05, 0) is 43.3 Å². The Hall–Kier alpha value is -2.49. The summed E-state index contributed by atoms with van der Waals surface area (Å²) in [5, 5.41) is 0. The van der Waals surface area contributed by atoms with E-state index >= 15 is 0 Å². The number of aromatic nitrogens is 2. The van der Waals surface area contributed by atoms with Gasteiger partial charge in [-0.1, -0.05) is 0 Å². The molecule has 0 bridgehead atoms.